The van der Waals surface area contributed by atoms with Gasteiger partial charge in [0.05, 0.1) is 12.3 Å². The lowest BCUT2D eigenvalue weighted by atomic mass is 10.1. The molecule has 2 aromatic carbocycles. The molecule has 0 fully saturated rings. The fraction of sp³-hybridized carbons (Fsp3) is 0.238. The lowest BCUT2D eigenvalue weighted by molar-refractivity contribution is -0.116. The summed E-state index contributed by atoms with van der Waals surface area (Å²) < 4.78 is 1.63. The van der Waals surface area contributed by atoms with Crippen molar-refractivity contribution in [2.45, 2.75) is 19.1 Å². The van der Waals surface area contributed by atoms with Gasteiger partial charge in [-0.2, -0.15) is 5.10 Å². The van der Waals surface area contributed by atoms with Crippen LogP contribution in [0.15, 0.2) is 73.1 Å². The van der Waals surface area contributed by atoms with E-state index in [1.807, 2.05) is 66.9 Å². The second kappa shape index (κ2) is 9.66. The second-order valence-electron chi connectivity index (χ2n) is 6.34. The number of rotatable bonds is 9. The highest BCUT2D eigenvalue weighted by molar-refractivity contribution is 5.90. The number of anilines is 1. The predicted molar refractivity (Wildman–Crippen MR) is 105 cm³/mol. The van der Waals surface area contributed by atoms with Gasteiger partial charge in [0.1, 0.15) is 6.54 Å². The number of hydrogen-bond donors (Lipinski definition) is 3. The number of hydrogen-bond acceptors (Lipinski definition) is 4. The van der Waals surface area contributed by atoms with Crippen LogP contribution in [-0.4, -0.2) is 33.9 Å². The molecule has 0 saturated carbocycles. The molecule has 3 N–H and O–H groups in total. The summed E-state index contributed by atoms with van der Waals surface area (Å²) in [7, 11) is 0. The molecule has 0 unspecified atom stereocenters. The van der Waals surface area contributed by atoms with E-state index in [0.29, 0.717) is 6.54 Å². The van der Waals surface area contributed by atoms with Crippen molar-refractivity contribution in [3.63, 3.8) is 0 Å². The summed E-state index contributed by atoms with van der Waals surface area (Å²) in [6.07, 6.45) is 3.91. The third-order valence-corrected chi connectivity index (χ3v) is 4.16. The molecule has 0 aliphatic heterocycles. The first kappa shape index (κ1) is 18.8. The zero-order chi connectivity index (χ0) is 18.9. The Bertz CT molecular complexity index is 834. The first-order chi connectivity index (χ1) is 13.2. The smallest absolute Gasteiger partial charge is 0.246 e. The van der Waals surface area contributed by atoms with E-state index in [1.165, 1.54) is 0 Å². The number of nitrogens with one attached hydrogen (secondary N) is 2. The number of carbonyl (C=O) groups is 1. The van der Waals surface area contributed by atoms with Gasteiger partial charge in [-0.1, -0.05) is 48.5 Å². The zero-order valence-electron chi connectivity index (χ0n) is 15.1. The van der Waals surface area contributed by atoms with E-state index in [0.717, 1.165) is 29.8 Å². The summed E-state index contributed by atoms with van der Waals surface area (Å²) in [6.45, 7) is 1.40. The average Bonchev–Trinajstić information content (AvgIpc) is 3.13. The molecule has 0 spiro atoms. The van der Waals surface area contributed by atoms with Gasteiger partial charge in [0, 0.05) is 18.4 Å². The first-order valence-corrected chi connectivity index (χ1v) is 9.00. The molecule has 0 bridgehead atoms. The largest absolute Gasteiger partial charge is 0.387 e. The summed E-state index contributed by atoms with van der Waals surface area (Å²) in [4.78, 5) is 12.0. The Morgan fingerprint density at radius 3 is 2.52 bits per heavy atom. The topological polar surface area (TPSA) is 79.2 Å². The number of aromatic nitrogens is 2. The Balaban J connectivity index is 1.38. The van der Waals surface area contributed by atoms with E-state index >= 15 is 0 Å². The molecule has 1 heterocycles. The van der Waals surface area contributed by atoms with Crippen molar-refractivity contribution < 1.29 is 9.90 Å². The van der Waals surface area contributed by atoms with Crippen molar-refractivity contribution in [1.29, 1.82) is 0 Å². The van der Waals surface area contributed by atoms with Crippen LogP contribution in [0.1, 0.15) is 17.2 Å². The number of amides is 1. The van der Waals surface area contributed by atoms with Gasteiger partial charge in [0.2, 0.25) is 5.91 Å². The molecular formula is C21H24N4O2. The van der Waals surface area contributed by atoms with Crippen LogP contribution in [0.5, 0.6) is 0 Å². The minimum atomic E-state index is -0.518. The van der Waals surface area contributed by atoms with Crippen LogP contribution in [0.25, 0.3) is 0 Å². The Morgan fingerprint density at radius 2 is 1.78 bits per heavy atom. The molecule has 1 atom stereocenters. The number of nitrogens with zero attached hydrogens (tertiary/aromatic N) is 2. The van der Waals surface area contributed by atoms with Crippen LogP contribution < -0.4 is 10.6 Å². The lowest BCUT2D eigenvalue weighted by Gasteiger charge is -2.11. The van der Waals surface area contributed by atoms with Crippen molar-refractivity contribution in [2.24, 2.45) is 0 Å². The van der Waals surface area contributed by atoms with E-state index in [2.05, 4.69) is 15.7 Å². The zero-order valence-corrected chi connectivity index (χ0v) is 15.1. The highest BCUT2D eigenvalue weighted by Gasteiger charge is 2.07. The van der Waals surface area contributed by atoms with Gasteiger partial charge in [0.15, 0.2) is 0 Å². The standard InChI is InChI=1S/C21H24N4O2/c26-20(18-7-3-1-4-8-18)14-22-12-11-17-13-23-25(15-17)16-21(27)24-19-9-5-2-6-10-19/h1-10,13,15,20,22,26H,11-12,14,16H2,(H,24,27)/t20-/m0/s1. The molecule has 0 saturated heterocycles. The van der Waals surface area contributed by atoms with Crippen molar-refractivity contribution in [1.82, 2.24) is 15.1 Å². The van der Waals surface area contributed by atoms with Gasteiger partial charge >= 0.3 is 0 Å². The molecule has 0 radical (unpaired) electrons. The number of benzene rings is 2. The number of para-hydroxylation sites is 1. The van der Waals surface area contributed by atoms with Crippen molar-refractivity contribution in [3.8, 4) is 0 Å². The molecule has 1 aromatic heterocycles. The fourth-order valence-electron chi connectivity index (χ4n) is 2.76. The van der Waals surface area contributed by atoms with Crippen molar-refractivity contribution in [2.75, 3.05) is 18.4 Å². The highest BCUT2D eigenvalue weighted by atomic mass is 16.3. The number of aliphatic hydroxyl groups is 1. The Hall–Kier alpha value is -2.96. The second-order valence-corrected chi connectivity index (χ2v) is 6.34. The van der Waals surface area contributed by atoms with Crippen LogP contribution in [0.3, 0.4) is 0 Å². The third-order valence-electron chi connectivity index (χ3n) is 4.16. The van der Waals surface area contributed by atoms with Crippen LogP contribution in [0, 0.1) is 0 Å². The van der Waals surface area contributed by atoms with Gasteiger partial charge in [-0.15, -0.1) is 0 Å². The maximum absolute atomic E-state index is 12.0. The Kier molecular flexibility index (Phi) is 6.73. The molecular weight excluding hydrogens is 340 g/mol. The maximum Gasteiger partial charge on any atom is 0.246 e. The molecule has 140 valence electrons. The van der Waals surface area contributed by atoms with Crippen molar-refractivity contribution in [3.05, 3.63) is 84.2 Å². The molecule has 6 nitrogen and oxygen atoms in total. The van der Waals surface area contributed by atoms with E-state index in [-0.39, 0.29) is 12.5 Å². The normalized spacial score (nSPS) is 11.9. The van der Waals surface area contributed by atoms with Crippen LogP contribution in [0.2, 0.25) is 0 Å². The van der Waals surface area contributed by atoms with E-state index in [9.17, 15) is 9.90 Å². The molecule has 1 amide bonds. The lowest BCUT2D eigenvalue weighted by Crippen LogP contribution is -2.23. The quantitative estimate of drug-likeness (QED) is 0.510. The highest BCUT2D eigenvalue weighted by Crippen LogP contribution is 2.10. The predicted octanol–water partition coefficient (Wildman–Crippen LogP) is 2.39. The van der Waals surface area contributed by atoms with Gasteiger partial charge in [0.25, 0.3) is 0 Å². The minimum Gasteiger partial charge on any atom is -0.387 e. The molecule has 27 heavy (non-hydrogen) atoms. The summed E-state index contributed by atoms with van der Waals surface area (Å²) in [6, 6.07) is 19.0. The monoisotopic (exact) mass is 364 g/mol. The van der Waals surface area contributed by atoms with Gasteiger partial charge < -0.3 is 15.7 Å². The summed E-state index contributed by atoms with van der Waals surface area (Å²) in [5.41, 5.74) is 2.72. The average molecular weight is 364 g/mol. The van der Waals surface area contributed by atoms with E-state index in [4.69, 9.17) is 0 Å². The van der Waals surface area contributed by atoms with E-state index in [1.54, 1.807) is 10.9 Å². The van der Waals surface area contributed by atoms with Gasteiger partial charge in [-0.05, 0) is 36.2 Å². The Labute approximate surface area is 158 Å². The SMILES string of the molecule is O=C(Cn1cc(CCNC[C@H](O)c2ccccc2)cn1)Nc1ccccc1. The summed E-state index contributed by atoms with van der Waals surface area (Å²) >= 11 is 0. The van der Waals surface area contributed by atoms with Crippen LogP contribution in [0.4, 0.5) is 5.69 Å². The van der Waals surface area contributed by atoms with Gasteiger partial charge in [-0.25, -0.2) is 0 Å². The molecule has 3 rings (SSSR count). The first-order valence-electron chi connectivity index (χ1n) is 9.00. The summed E-state index contributed by atoms with van der Waals surface area (Å²) in [5.74, 6) is -0.111. The fourth-order valence-corrected chi connectivity index (χ4v) is 2.76. The van der Waals surface area contributed by atoms with E-state index < -0.39 is 6.10 Å². The van der Waals surface area contributed by atoms with Gasteiger partial charge in [-0.3, -0.25) is 9.48 Å². The molecule has 6 heteroatoms. The summed E-state index contributed by atoms with van der Waals surface area (Å²) in [5, 5.41) is 20.4. The Morgan fingerprint density at radius 1 is 1.07 bits per heavy atom. The number of carbonyl (C=O) groups excluding carboxylic acids is 1. The molecule has 0 aliphatic carbocycles. The van der Waals surface area contributed by atoms with Crippen LogP contribution >= 0.6 is 0 Å². The minimum absolute atomic E-state index is 0.111. The van der Waals surface area contributed by atoms with Crippen molar-refractivity contribution >= 4 is 11.6 Å². The maximum atomic E-state index is 12.0. The third kappa shape index (κ3) is 6.06. The molecule has 3 aromatic rings. The number of aliphatic hydroxyl groups excluding tert-OH is 1. The molecule has 0 aliphatic rings. The van der Waals surface area contributed by atoms with Crippen LogP contribution in [-0.2, 0) is 17.8 Å².